The third-order valence-corrected chi connectivity index (χ3v) is 3.25. The van der Waals surface area contributed by atoms with Crippen LogP contribution < -0.4 is 0 Å². The average molecular weight is 265 g/mol. The smallest absolute Gasteiger partial charge is 0.340 e. The molecule has 0 aliphatic carbocycles. The molecule has 2 N–H and O–H groups in total. The van der Waals surface area contributed by atoms with Gasteiger partial charge in [0.1, 0.15) is 6.61 Å². The number of nitrogens with zero attached hydrogens (tertiary/aromatic N) is 1. The van der Waals surface area contributed by atoms with E-state index < -0.39 is 17.5 Å². The van der Waals surface area contributed by atoms with Gasteiger partial charge in [0.15, 0.2) is 0 Å². The highest BCUT2D eigenvalue weighted by molar-refractivity contribution is 6.04. The van der Waals surface area contributed by atoms with Crippen LogP contribution >= 0.6 is 0 Å². The number of ether oxygens (including phenoxy) is 1. The lowest BCUT2D eigenvalue weighted by atomic mass is 9.98. The van der Waals surface area contributed by atoms with E-state index in [0.717, 1.165) is 5.56 Å². The first-order valence-corrected chi connectivity index (χ1v) is 5.98. The third kappa shape index (κ3) is 2.45. The van der Waals surface area contributed by atoms with Gasteiger partial charge in [-0.15, -0.1) is 0 Å². The predicted octanol–water partition coefficient (Wildman–Crippen LogP) is 1.04. The zero-order valence-corrected chi connectivity index (χ0v) is 10.3. The van der Waals surface area contributed by atoms with E-state index in [1.165, 1.54) is 0 Å². The summed E-state index contributed by atoms with van der Waals surface area (Å²) in [5.74, 6) is -2.31. The maximum atomic E-state index is 12.0. The molecule has 1 unspecified atom stereocenters. The molecule has 0 spiro atoms. The Morgan fingerprint density at radius 1 is 1.32 bits per heavy atom. The Morgan fingerprint density at radius 2 is 2.00 bits per heavy atom. The molecule has 0 saturated carbocycles. The lowest BCUT2D eigenvalue weighted by Gasteiger charge is -2.27. The highest BCUT2D eigenvalue weighted by Crippen LogP contribution is 2.29. The van der Waals surface area contributed by atoms with Gasteiger partial charge in [-0.2, -0.15) is 5.06 Å². The Kier molecular flexibility index (Phi) is 3.82. The van der Waals surface area contributed by atoms with Crippen LogP contribution in [0.2, 0.25) is 0 Å². The number of hydrogen-bond acceptors (Lipinski definition) is 5. The highest BCUT2D eigenvalue weighted by Gasteiger charge is 2.55. The fraction of sp³-hybridized carbons (Fsp3) is 0.385. The number of carbonyl (C=O) groups is 2. The van der Waals surface area contributed by atoms with Gasteiger partial charge in [-0.25, -0.2) is 9.59 Å². The van der Waals surface area contributed by atoms with Gasteiger partial charge in [0.25, 0.3) is 0 Å². The van der Waals surface area contributed by atoms with Crippen LogP contribution in [0.5, 0.6) is 0 Å². The first kappa shape index (κ1) is 13.5. The Morgan fingerprint density at radius 3 is 2.53 bits per heavy atom. The Bertz CT molecular complexity index is 475. The van der Waals surface area contributed by atoms with Gasteiger partial charge in [0, 0.05) is 6.54 Å². The average Bonchev–Trinajstić information content (AvgIpc) is 2.80. The largest absolute Gasteiger partial charge is 0.479 e. The van der Waals surface area contributed by atoms with Crippen molar-refractivity contribution in [1.29, 1.82) is 0 Å². The molecular weight excluding hydrogens is 250 g/mol. The molecule has 102 valence electrons. The van der Waals surface area contributed by atoms with Crippen molar-refractivity contribution < 1.29 is 24.6 Å². The number of hydroxylamine groups is 2. The number of carboxylic acid groups (broad SMARTS) is 1. The zero-order chi connectivity index (χ0) is 13.9. The van der Waals surface area contributed by atoms with Crippen LogP contribution in [0, 0.1) is 0 Å². The Balaban J connectivity index is 2.07. The molecule has 1 aromatic carbocycles. The minimum Gasteiger partial charge on any atom is -0.479 e. The zero-order valence-electron chi connectivity index (χ0n) is 10.3. The summed E-state index contributed by atoms with van der Waals surface area (Å²) >= 11 is 0. The molecule has 0 amide bonds. The van der Waals surface area contributed by atoms with Crippen LogP contribution in [0.15, 0.2) is 30.3 Å². The summed E-state index contributed by atoms with van der Waals surface area (Å²) in [5.41, 5.74) is -1.20. The van der Waals surface area contributed by atoms with Crippen molar-refractivity contribution >= 4 is 11.9 Å². The first-order valence-electron chi connectivity index (χ1n) is 5.98. The van der Waals surface area contributed by atoms with E-state index in [0.29, 0.717) is 11.5 Å². The van der Waals surface area contributed by atoms with Gasteiger partial charge >= 0.3 is 11.9 Å². The van der Waals surface area contributed by atoms with E-state index in [1.54, 1.807) is 24.3 Å². The maximum absolute atomic E-state index is 12.0. The SMILES string of the molecule is O=C(O)C1(C(=O)OCc2ccccc2)CCCN1O. The summed E-state index contributed by atoms with van der Waals surface area (Å²) in [6.45, 7) is 0.134. The predicted molar refractivity (Wildman–Crippen MR) is 64.3 cm³/mol. The molecule has 0 bridgehead atoms. The van der Waals surface area contributed by atoms with Crippen LogP contribution in [0.4, 0.5) is 0 Å². The first-order chi connectivity index (χ1) is 9.07. The standard InChI is InChI=1S/C13H15NO5/c15-11(16)13(7-4-8-14(13)18)12(17)19-9-10-5-2-1-3-6-10/h1-3,5-6,18H,4,7-9H2,(H,15,16). The quantitative estimate of drug-likeness (QED) is 0.624. The molecule has 2 rings (SSSR count). The van der Waals surface area contributed by atoms with Gasteiger partial charge in [-0.05, 0) is 18.4 Å². The van der Waals surface area contributed by atoms with E-state index in [9.17, 15) is 19.9 Å². The molecule has 1 atom stereocenters. The van der Waals surface area contributed by atoms with Crippen LogP contribution in [0.25, 0.3) is 0 Å². The topological polar surface area (TPSA) is 87.1 Å². The molecule has 1 aliphatic heterocycles. The fourth-order valence-corrected chi connectivity index (χ4v) is 2.16. The third-order valence-electron chi connectivity index (χ3n) is 3.25. The number of esters is 1. The number of benzene rings is 1. The molecular formula is C13H15NO5. The number of hydrogen-bond donors (Lipinski definition) is 2. The summed E-state index contributed by atoms with van der Waals surface area (Å²) in [4.78, 5) is 23.3. The summed E-state index contributed by atoms with van der Waals surface area (Å²) in [7, 11) is 0. The molecule has 1 aromatic rings. The van der Waals surface area contributed by atoms with E-state index in [1.807, 2.05) is 6.07 Å². The van der Waals surface area contributed by atoms with Crippen LogP contribution in [-0.2, 0) is 20.9 Å². The van der Waals surface area contributed by atoms with Crippen LogP contribution in [0.3, 0.4) is 0 Å². The summed E-state index contributed by atoms with van der Waals surface area (Å²) in [6, 6.07) is 8.96. The second kappa shape index (κ2) is 5.38. The van der Waals surface area contributed by atoms with Gasteiger partial charge in [0.2, 0.25) is 5.54 Å². The normalized spacial score (nSPS) is 23.2. The van der Waals surface area contributed by atoms with Gasteiger partial charge < -0.3 is 15.1 Å². The number of carboxylic acids is 1. The summed E-state index contributed by atoms with van der Waals surface area (Å²) in [6.07, 6.45) is 0.482. The number of carbonyl (C=O) groups excluding carboxylic acids is 1. The maximum Gasteiger partial charge on any atom is 0.340 e. The van der Waals surface area contributed by atoms with Crippen molar-refractivity contribution in [2.24, 2.45) is 0 Å². The Hall–Kier alpha value is -1.92. The minimum atomic E-state index is -1.96. The minimum absolute atomic E-state index is 0.0114. The van der Waals surface area contributed by atoms with Crippen molar-refractivity contribution in [2.45, 2.75) is 25.0 Å². The van der Waals surface area contributed by atoms with Crippen molar-refractivity contribution in [3.05, 3.63) is 35.9 Å². The van der Waals surface area contributed by atoms with Gasteiger partial charge in [-0.1, -0.05) is 30.3 Å². The number of rotatable bonds is 4. The van der Waals surface area contributed by atoms with E-state index in [4.69, 9.17) is 4.74 Å². The molecule has 6 heteroatoms. The Labute approximate surface area is 110 Å². The highest BCUT2D eigenvalue weighted by atomic mass is 16.6. The van der Waals surface area contributed by atoms with Crippen molar-refractivity contribution in [3.8, 4) is 0 Å². The van der Waals surface area contributed by atoms with Gasteiger partial charge in [-0.3, -0.25) is 0 Å². The molecule has 19 heavy (non-hydrogen) atoms. The summed E-state index contributed by atoms with van der Waals surface area (Å²) < 4.78 is 5.03. The molecule has 0 aromatic heterocycles. The molecule has 1 heterocycles. The second-order valence-corrected chi connectivity index (χ2v) is 4.45. The fourth-order valence-electron chi connectivity index (χ4n) is 2.16. The van der Waals surface area contributed by atoms with Crippen LogP contribution in [-0.4, -0.2) is 39.4 Å². The van der Waals surface area contributed by atoms with Gasteiger partial charge in [0.05, 0.1) is 0 Å². The molecule has 1 saturated heterocycles. The lowest BCUT2D eigenvalue weighted by molar-refractivity contribution is -0.201. The van der Waals surface area contributed by atoms with Crippen molar-refractivity contribution in [1.82, 2.24) is 5.06 Å². The van der Waals surface area contributed by atoms with E-state index in [-0.39, 0.29) is 19.6 Å². The van der Waals surface area contributed by atoms with E-state index >= 15 is 0 Å². The molecule has 1 aliphatic rings. The van der Waals surface area contributed by atoms with E-state index in [2.05, 4.69) is 0 Å². The molecule has 6 nitrogen and oxygen atoms in total. The van der Waals surface area contributed by atoms with Crippen molar-refractivity contribution in [3.63, 3.8) is 0 Å². The van der Waals surface area contributed by atoms with Crippen molar-refractivity contribution in [2.75, 3.05) is 6.54 Å². The number of aliphatic carboxylic acids is 1. The van der Waals surface area contributed by atoms with Crippen LogP contribution in [0.1, 0.15) is 18.4 Å². The molecule has 1 fully saturated rings. The lowest BCUT2D eigenvalue weighted by Crippen LogP contribution is -2.56. The summed E-state index contributed by atoms with van der Waals surface area (Å²) in [5, 5.41) is 19.4. The monoisotopic (exact) mass is 265 g/mol. The molecule has 0 radical (unpaired) electrons. The second-order valence-electron chi connectivity index (χ2n) is 4.45.